The first-order chi connectivity index (χ1) is 8.99. The van der Waals surface area contributed by atoms with Gasteiger partial charge >= 0.3 is 0 Å². The zero-order chi connectivity index (χ0) is 14.0. The van der Waals surface area contributed by atoms with E-state index >= 15 is 0 Å². The molecule has 1 fully saturated rings. The van der Waals surface area contributed by atoms with Crippen molar-refractivity contribution in [1.82, 2.24) is 10.2 Å². The van der Waals surface area contributed by atoms with E-state index in [1.807, 2.05) is 14.1 Å². The van der Waals surface area contributed by atoms with Crippen molar-refractivity contribution in [2.24, 2.45) is 0 Å². The predicted molar refractivity (Wildman–Crippen MR) is 70.6 cm³/mol. The van der Waals surface area contributed by atoms with E-state index in [2.05, 4.69) is 10.2 Å². The van der Waals surface area contributed by atoms with Crippen LogP contribution in [0.15, 0.2) is 18.2 Å². The SMILES string of the molecule is CN(C)[C@@H]1CCC[C@H]1NC(=O)c1cc(O)ccc1F. The Labute approximate surface area is 112 Å². The van der Waals surface area contributed by atoms with Crippen LogP contribution in [0.4, 0.5) is 4.39 Å². The Morgan fingerprint density at radius 1 is 1.42 bits per heavy atom. The van der Waals surface area contributed by atoms with Gasteiger partial charge in [0.05, 0.1) is 5.56 Å². The summed E-state index contributed by atoms with van der Waals surface area (Å²) in [5.74, 6) is -1.19. The molecule has 2 rings (SSSR count). The molecule has 0 spiro atoms. The molecule has 5 heteroatoms. The van der Waals surface area contributed by atoms with Crippen molar-refractivity contribution in [3.63, 3.8) is 0 Å². The van der Waals surface area contributed by atoms with Crippen LogP contribution in [-0.4, -0.2) is 42.1 Å². The number of hydrogen-bond donors (Lipinski definition) is 2. The fourth-order valence-electron chi connectivity index (χ4n) is 2.66. The molecular formula is C14H19FN2O2. The van der Waals surface area contributed by atoms with Gasteiger partial charge in [-0.2, -0.15) is 0 Å². The average Bonchev–Trinajstić information content (AvgIpc) is 2.80. The maximum atomic E-state index is 13.6. The number of nitrogens with one attached hydrogen (secondary N) is 1. The Balaban J connectivity index is 2.10. The fourth-order valence-corrected chi connectivity index (χ4v) is 2.66. The normalized spacial score (nSPS) is 22.7. The molecule has 104 valence electrons. The highest BCUT2D eigenvalue weighted by molar-refractivity contribution is 5.95. The number of aromatic hydroxyl groups is 1. The summed E-state index contributed by atoms with van der Waals surface area (Å²) in [6.07, 6.45) is 2.98. The van der Waals surface area contributed by atoms with Gasteiger partial charge in [-0.05, 0) is 51.6 Å². The fraction of sp³-hybridized carbons (Fsp3) is 0.500. The van der Waals surface area contributed by atoms with Crippen LogP contribution in [0.25, 0.3) is 0 Å². The van der Waals surface area contributed by atoms with Crippen molar-refractivity contribution in [3.05, 3.63) is 29.6 Å². The predicted octanol–water partition coefficient (Wildman–Crippen LogP) is 1.74. The molecule has 1 aliphatic carbocycles. The summed E-state index contributed by atoms with van der Waals surface area (Å²) in [4.78, 5) is 14.1. The van der Waals surface area contributed by atoms with Gasteiger partial charge < -0.3 is 15.3 Å². The number of phenols is 1. The first-order valence-corrected chi connectivity index (χ1v) is 6.45. The third-order valence-electron chi connectivity index (χ3n) is 3.65. The molecule has 0 aliphatic heterocycles. The second-order valence-corrected chi connectivity index (χ2v) is 5.21. The minimum Gasteiger partial charge on any atom is -0.508 e. The van der Waals surface area contributed by atoms with Crippen LogP contribution in [0.2, 0.25) is 0 Å². The van der Waals surface area contributed by atoms with E-state index < -0.39 is 11.7 Å². The molecule has 0 aromatic heterocycles. The Morgan fingerprint density at radius 2 is 2.16 bits per heavy atom. The van der Waals surface area contributed by atoms with Crippen LogP contribution in [0.5, 0.6) is 5.75 Å². The lowest BCUT2D eigenvalue weighted by Crippen LogP contribution is -2.46. The first kappa shape index (κ1) is 13.8. The van der Waals surface area contributed by atoms with Gasteiger partial charge in [-0.1, -0.05) is 0 Å². The number of amides is 1. The standard InChI is InChI=1S/C14H19FN2O2/c1-17(2)13-5-3-4-12(13)16-14(19)10-8-9(18)6-7-11(10)15/h6-8,12-13,18H,3-5H2,1-2H3,(H,16,19)/t12-,13-/m1/s1. The van der Waals surface area contributed by atoms with Crippen LogP contribution < -0.4 is 5.32 Å². The van der Waals surface area contributed by atoms with Crippen LogP contribution >= 0.6 is 0 Å². The number of nitrogens with zero attached hydrogens (tertiary/aromatic N) is 1. The molecule has 1 saturated carbocycles. The van der Waals surface area contributed by atoms with Gasteiger partial charge in [0.1, 0.15) is 11.6 Å². The van der Waals surface area contributed by atoms with E-state index in [9.17, 15) is 14.3 Å². The molecule has 0 saturated heterocycles. The minimum atomic E-state index is -0.616. The molecule has 2 N–H and O–H groups in total. The second-order valence-electron chi connectivity index (χ2n) is 5.21. The Morgan fingerprint density at radius 3 is 2.84 bits per heavy atom. The molecule has 19 heavy (non-hydrogen) atoms. The van der Waals surface area contributed by atoms with E-state index in [1.54, 1.807) is 0 Å². The number of rotatable bonds is 3. The highest BCUT2D eigenvalue weighted by atomic mass is 19.1. The van der Waals surface area contributed by atoms with Crippen molar-refractivity contribution >= 4 is 5.91 Å². The number of halogens is 1. The third kappa shape index (κ3) is 3.04. The molecule has 0 bridgehead atoms. The summed E-state index contributed by atoms with van der Waals surface area (Å²) in [5.41, 5.74) is -0.107. The first-order valence-electron chi connectivity index (χ1n) is 6.45. The average molecular weight is 266 g/mol. The van der Waals surface area contributed by atoms with Crippen molar-refractivity contribution in [1.29, 1.82) is 0 Å². The maximum Gasteiger partial charge on any atom is 0.254 e. The second kappa shape index (κ2) is 5.57. The molecule has 2 atom stereocenters. The highest BCUT2D eigenvalue weighted by Crippen LogP contribution is 2.23. The molecule has 0 heterocycles. The van der Waals surface area contributed by atoms with Crippen molar-refractivity contribution < 1.29 is 14.3 Å². The lowest BCUT2D eigenvalue weighted by molar-refractivity contribution is 0.0914. The van der Waals surface area contributed by atoms with Gasteiger partial charge in [0.2, 0.25) is 0 Å². The van der Waals surface area contributed by atoms with E-state index in [0.717, 1.165) is 31.4 Å². The van der Waals surface area contributed by atoms with Crippen LogP contribution in [0.3, 0.4) is 0 Å². The van der Waals surface area contributed by atoms with E-state index in [0.29, 0.717) is 0 Å². The summed E-state index contributed by atoms with van der Waals surface area (Å²) in [6.45, 7) is 0. The van der Waals surface area contributed by atoms with E-state index in [-0.39, 0.29) is 23.4 Å². The monoisotopic (exact) mass is 266 g/mol. The number of hydrogen-bond acceptors (Lipinski definition) is 3. The minimum absolute atomic E-state index is 0.0317. The number of phenolic OH excluding ortho intramolecular Hbond substituents is 1. The van der Waals surface area contributed by atoms with Crippen LogP contribution in [0, 0.1) is 5.82 Å². The van der Waals surface area contributed by atoms with Gasteiger partial charge in [0, 0.05) is 12.1 Å². The van der Waals surface area contributed by atoms with Crippen molar-refractivity contribution in [3.8, 4) is 5.75 Å². The number of carbonyl (C=O) groups is 1. The van der Waals surface area contributed by atoms with E-state index in [4.69, 9.17) is 0 Å². The lowest BCUT2D eigenvalue weighted by Gasteiger charge is -2.27. The molecule has 0 radical (unpaired) electrons. The maximum absolute atomic E-state index is 13.6. The Hall–Kier alpha value is -1.62. The quantitative estimate of drug-likeness (QED) is 0.876. The molecule has 1 amide bonds. The summed E-state index contributed by atoms with van der Waals surface area (Å²) in [7, 11) is 3.95. The topological polar surface area (TPSA) is 52.6 Å². The third-order valence-corrected chi connectivity index (χ3v) is 3.65. The zero-order valence-electron chi connectivity index (χ0n) is 11.2. The largest absolute Gasteiger partial charge is 0.508 e. The number of carbonyl (C=O) groups excluding carboxylic acids is 1. The summed E-state index contributed by atoms with van der Waals surface area (Å²) < 4.78 is 13.6. The molecule has 1 aromatic rings. The zero-order valence-corrected chi connectivity index (χ0v) is 11.2. The van der Waals surface area contributed by atoms with Crippen LogP contribution in [0.1, 0.15) is 29.6 Å². The molecular weight excluding hydrogens is 247 g/mol. The van der Waals surface area contributed by atoms with Crippen LogP contribution in [-0.2, 0) is 0 Å². The summed E-state index contributed by atoms with van der Waals surface area (Å²) in [5, 5.41) is 12.2. The molecule has 0 unspecified atom stereocenters. The summed E-state index contributed by atoms with van der Waals surface area (Å²) in [6, 6.07) is 3.80. The van der Waals surface area contributed by atoms with Gasteiger partial charge in [0.25, 0.3) is 5.91 Å². The highest BCUT2D eigenvalue weighted by Gasteiger charge is 2.30. The summed E-state index contributed by atoms with van der Waals surface area (Å²) >= 11 is 0. The van der Waals surface area contributed by atoms with Crippen molar-refractivity contribution in [2.45, 2.75) is 31.3 Å². The Kier molecular flexibility index (Phi) is 4.04. The van der Waals surface area contributed by atoms with Gasteiger partial charge in [-0.15, -0.1) is 0 Å². The van der Waals surface area contributed by atoms with Crippen molar-refractivity contribution in [2.75, 3.05) is 14.1 Å². The van der Waals surface area contributed by atoms with E-state index in [1.165, 1.54) is 6.07 Å². The Bertz CT molecular complexity index is 477. The van der Waals surface area contributed by atoms with Gasteiger partial charge in [0.15, 0.2) is 0 Å². The smallest absolute Gasteiger partial charge is 0.254 e. The number of likely N-dealkylation sites (N-methyl/N-ethyl adjacent to an activating group) is 1. The van der Waals surface area contributed by atoms with Gasteiger partial charge in [-0.3, -0.25) is 4.79 Å². The van der Waals surface area contributed by atoms with Gasteiger partial charge in [-0.25, -0.2) is 4.39 Å². The molecule has 1 aliphatic rings. The molecule has 1 aromatic carbocycles. The number of benzene rings is 1. The molecule has 4 nitrogen and oxygen atoms in total. The lowest BCUT2D eigenvalue weighted by atomic mass is 10.1.